The Balaban J connectivity index is 2.42. The van der Waals surface area contributed by atoms with E-state index in [-0.39, 0.29) is 0 Å². The fourth-order valence-electron chi connectivity index (χ4n) is 1.77. The Morgan fingerprint density at radius 1 is 1.15 bits per heavy atom. The minimum atomic E-state index is 0.479. The van der Waals surface area contributed by atoms with E-state index in [0.717, 1.165) is 0 Å². The van der Waals surface area contributed by atoms with Gasteiger partial charge in [0.2, 0.25) is 0 Å². The third-order valence-electron chi connectivity index (χ3n) is 2.47. The van der Waals surface area contributed by atoms with Crippen LogP contribution in [0, 0.1) is 0 Å². The summed E-state index contributed by atoms with van der Waals surface area (Å²) in [5.41, 5.74) is 1.67. The second-order valence-electron chi connectivity index (χ2n) is 3.28. The second-order valence-corrected chi connectivity index (χ2v) is 7.41. The molecule has 0 fully saturated rings. The minimum Gasteiger partial charge on any atom is -0.113 e. The maximum Gasteiger partial charge on any atom is 0.0256 e. The van der Waals surface area contributed by atoms with E-state index in [2.05, 4.69) is 46.9 Å². The van der Waals surface area contributed by atoms with E-state index < -0.39 is 0 Å². The molecule has 0 saturated heterocycles. The molecule has 66 valence electrons. The zero-order valence-corrected chi connectivity index (χ0v) is 11.3. The smallest absolute Gasteiger partial charge is 0.0256 e. The largest absolute Gasteiger partial charge is 0.113 e. The number of fused-ring (bicyclic) bond motifs is 1. The Bertz CT molecular complexity index is 523. The topological polar surface area (TPSA) is 0 Å². The Morgan fingerprint density at radius 2 is 1.85 bits per heavy atom. The van der Waals surface area contributed by atoms with Crippen LogP contribution in [0.3, 0.4) is 0 Å². The van der Waals surface area contributed by atoms with Crippen LogP contribution in [-0.2, 0) is 0 Å². The van der Waals surface area contributed by atoms with Gasteiger partial charge in [0.1, 0.15) is 0 Å². The van der Waals surface area contributed by atoms with Crippen LogP contribution in [-0.4, -0.2) is 7.94 Å². The summed E-state index contributed by atoms with van der Waals surface area (Å²) in [6.07, 6.45) is 1.22. The van der Waals surface area contributed by atoms with Gasteiger partial charge in [-0.2, -0.15) is 0 Å². The molecule has 0 N–H and O–H groups in total. The molecule has 0 radical (unpaired) electrons. The van der Waals surface area contributed by atoms with Crippen molar-refractivity contribution < 1.29 is 0 Å². The third kappa shape index (κ3) is 1.42. The molecule has 0 unspecified atom stereocenters. The van der Waals surface area contributed by atoms with Crippen molar-refractivity contribution in [2.24, 2.45) is 0 Å². The second kappa shape index (κ2) is 3.15. The van der Waals surface area contributed by atoms with Crippen LogP contribution >= 0.6 is 43.3 Å². The molecule has 1 aromatic rings. The lowest BCUT2D eigenvalue weighted by Crippen LogP contribution is -2.23. The van der Waals surface area contributed by atoms with Gasteiger partial charge < -0.3 is 0 Å². The summed E-state index contributed by atoms with van der Waals surface area (Å²) in [4.78, 5) is 0. The Kier molecular flexibility index (Phi) is 2.08. The Hall–Kier alpha value is 0.290. The Labute approximate surface area is 101 Å². The van der Waals surface area contributed by atoms with Crippen molar-refractivity contribution in [3.05, 3.63) is 34.7 Å². The van der Waals surface area contributed by atoms with Crippen LogP contribution in [0.2, 0.25) is 0 Å². The number of benzene rings is 1. The third-order valence-corrected chi connectivity index (χ3v) is 5.61. The highest BCUT2D eigenvalue weighted by atomic mass is 127. The molecule has 0 aromatic heterocycles. The van der Waals surface area contributed by atoms with Gasteiger partial charge in [0, 0.05) is 14.4 Å². The molecule has 1 aliphatic carbocycles. The highest BCUT2D eigenvalue weighted by Crippen LogP contribution is 2.32. The first-order valence-electron chi connectivity index (χ1n) is 4.28. The van der Waals surface area contributed by atoms with Crippen molar-refractivity contribution in [3.63, 3.8) is 0 Å². The molecular weight excluding hydrogens is 386 g/mol. The monoisotopic (exact) mass is 394 g/mol. The molecule has 1 aromatic carbocycles. The minimum absolute atomic E-state index is 0.479. The number of alkyl halides is 1. The van der Waals surface area contributed by atoms with Gasteiger partial charge in [-0.3, -0.25) is 0 Å². The van der Waals surface area contributed by atoms with Gasteiger partial charge in [-0.25, -0.2) is 0 Å². The first-order valence-corrected chi connectivity index (χ1v) is 7.97. The molecule has 0 nitrogen and oxygen atoms in total. The standard InChI is InChI=1S/C11H8I2/c12-10-5-9(11-6-13-11)7-3-1-2-4-8(7)10/h1-4H,5-6H2. The maximum atomic E-state index is 2.49. The zero-order chi connectivity index (χ0) is 8.84. The van der Waals surface area contributed by atoms with Crippen LogP contribution in [0.5, 0.6) is 0 Å². The average Bonchev–Trinajstić information content (AvgIpc) is 2.94. The molecule has 0 spiro atoms. The first-order chi connectivity index (χ1) is 6.36. The van der Waals surface area contributed by atoms with Crippen molar-refractivity contribution in [1.82, 2.24) is 0 Å². The lowest BCUT2D eigenvalue weighted by Gasteiger charge is -1.92. The number of rotatable bonds is 1. The van der Waals surface area contributed by atoms with E-state index in [9.17, 15) is 0 Å². The fourth-order valence-corrected chi connectivity index (χ4v) is 4.21. The van der Waals surface area contributed by atoms with E-state index in [1.54, 1.807) is 9.08 Å². The summed E-state index contributed by atoms with van der Waals surface area (Å²) >= 11 is 2.97. The van der Waals surface area contributed by atoms with Crippen molar-refractivity contribution >= 4 is 56.0 Å². The van der Waals surface area contributed by atoms with Gasteiger partial charge in [0.25, 0.3) is 0 Å². The van der Waals surface area contributed by atoms with Gasteiger partial charge in [-0.05, 0) is 42.1 Å². The van der Waals surface area contributed by atoms with Gasteiger partial charge in [0.15, 0.2) is 0 Å². The number of hydrogen-bond donors (Lipinski definition) is 0. The number of hydrogen-bond acceptors (Lipinski definition) is 0. The van der Waals surface area contributed by atoms with Gasteiger partial charge >= 0.3 is 0 Å². The maximum absolute atomic E-state index is 2.49. The SMILES string of the molecule is IC1=c2ccccc2=C(C2=IC2)C1. The van der Waals surface area contributed by atoms with Crippen LogP contribution in [0.4, 0.5) is 0 Å². The molecule has 2 aliphatic rings. The number of halogens is 2. The van der Waals surface area contributed by atoms with E-state index in [0.29, 0.717) is 20.7 Å². The van der Waals surface area contributed by atoms with Crippen LogP contribution < -0.4 is 10.4 Å². The fraction of sp³-hybridized carbons (Fsp3) is 0.182. The van der Waals surface area contributed by atoms with Gasteiger partial charge in [0.05, 0.1) is 0 Å². The average molecular weight is 394 g/mol. The summed E-state index contributed by atoms with van der Waals surface area (Å²) in [5.74, 6) is 0. The summed E-state index contributed by atoms with van der Waals surface area (Å²) < 4.78 is 4.79. The highest BCUT2D eigenvalue weighted by Gasteiger charge is 2.19. The molecule has 0 saturated carbocycles. The van der Waals surface area contributed by atoms with Gasteiger partial charge in [-0.1, -0.05) is 24.3 Å². The quantitative estimate of drug-likeness (QED) is 0.505. The highest BCUT2D eigenvalue weighted by molar-refractivity contribution is 14.2. The van der Waals surface area contributed by atoms with E-state index in [4.69, 9.17) is 0 Å². The van der Waals surface area contributed by atoms with Crippen LogP contribution in [0.15, 0.2) is 24.3 Å². The van der Waals surface area contributed by atoms with E-state index in [1.807, 2.05) is 0 Å². The predicted molar refractivity (Wildman–Crippen MR) is 75.0 cm³/mol. The van der Waals surface area contributed by atoms with Crippen LogP contribution in [0.1, 0.15) is 6.42 Å². The lowest BCUT2D eigenvalue weighted by atomic mass is 10.1. The summed E-state index contributed by atoms with van der Waals surface area (Å²) in [5, 5.41) is 3.01. The normalized spacial score (nSPS) is 19.3. The summed E-state index contributed by atoms with van der Waals surface area (Å²) in [7, 11) is 0. The summed E-state index contributed by atoms with van der Waals surface area (Å²) in [6.45, 7) is 0. The lowest BCUT2D eigenvalue weighted by molar-refractivity contribution is 1.54. The van der Waals surface area contributed by atoms with Crippen molar-refractivity contribution in [1.29, 1.82) is 0 Å². The van der Waals surface area contributed by atoms with E-state index in [1.165, 1.54) is 24.9 Å². The molecule has 1 aliphatic heterocycles. The van der Waals surface area contributed by atoms with Crippen LogP contribution in [0.25, 0.3) is 9.15 Å². The molecule has 3 rings (SSSR count). The molecule has 2 heteroatoms. The van der Waals surface area contributed by atoms with E-state index >= 15 is 0 Å². The molecule has 0 amide bonds. The van der Waals surface area contributed by atoms with Crippen molar-refractivity contribution in [3.8, 4) is 0 Å². The molecular formula is C11H8I2. The Morgan fingerprint density at radius 3 is 2.54 bits per heavy atom. The first kappa shape index (κ1) is 8.59. The molecule has 0 atom stereocenters. The summed E-state index contributed by atoms with van der Waals surface area (Å²) in [6, 6.07) is 8.85. The predicted octanol–water partition coefficient (Wildman–Crippen LogP) is 1.94. The molecule has 1 heterocycles. The molecule has 13 heavy (non-hydrogen) atoms. The van der Waals surface area contributed by atoms with Gasteiger partial charge in [-0.15, -0.1) is 20.7 Å². The molecule has 0 bridgehead atoms. The zero-order valence-electron chi connectivity index (χ0n) is 6.98. The van der Waals surface area contributed by atoms with Crippen molar-refractivity contribution in [2.75, 3.05) is 4.43 Å². The van der Waals surface area contributed by atoms with Crippen molar-refractivity contribution in [2.45, 2.75) is 6.42 Å².